The minimum Gasteiger partial charge on any atom is -0.369 e. The van der Waals surface area contributed by atoms with Gasteiger partial charge in [0, 0.05) is 26.3 Å². The van der Waals surface area contributed by atoms with Crippen molar-refractivity contribution in [1.29, 1.82) is 0 Å². The van der Waals surface area contributed by atoms with Crippen LogP contribution in [0.4, 0.5) is 10.1 Å². The maximum Gasteiger partial charge on any atom is 0.123 e. The standard InChI is InChI=1S/C14H16FN3/c1-18(10-11-4-2-5-12(15)8-11)14-6-3-7-17-13(14)9-16/h2-8H,9-10,16H2,1H3. The van der Waals surface area contributed by atoms with Crippen LogP contribution < -0.4 is 10.6 Å². The Kier molecular flexibility index (Phi) is 3.89. The van der Waals surface area contributed by atoms with Gasteiger partial charge in [-0.3, -0.25) is 4.98 Å². The van der Waals surface area contributed by atoms with Gasteiger partial charge in [-0.2, -0.15) is 0 Å². The lowest BCUT2D eigenvalue weighted by Gasteiger charge is -2.21. The Labute approximate surface area is 106 Å². The molecule has 0 spiro atoms. The lowest BCUT2D eigenvalue weighted by Crippen LogP contribution is -2.19. The van der Waals surface area contributed by atoms with Crippen LogP contribution in [0.25, 0.3) is 0 Å². The van der Waals surface area contributed by atoms with Crippen LogP contribution in [0.1, 0.15) is 11.3 Å². The van der Waals surface area contributed by atoms with Crippen LogP contribution in [0.2, 0.25) is 0 Å². The van der Waals surface area contributed by atoms with Crippen LogP contribution in [-0.4, -0.2) is 12.0 Å². The van der Waals surface area contributed by atoms with Crippen molar-refractivity contribution in [2.75, 3.05) is 11.9 Å². The van der Waals surface area contributed by atoms with Crippen molar-refractivity contribution in [1.82, 2.24) is 4.98 Å². The van der Waals surface area contributed by atoms with Crippen molar-refractivity contribution in [3.63, 3.8) is 0 Å². The Morgan fingerprint density at radius 3 is 2.83 bits per heavy atom. The van der Waals surface area contributed by atoms with Crippen molar-refractivity contribution in [2.24, 2.45) is 5.73 Å². The average Bonchev–Trinajstić information content (AvgIpc) is 2.38. The van der Waals surface area contributed by atoms with E-state index in [-0.39, 0.29) is 5.82 Å². The van der Waals surface area contributed by atoms with E-state index in [2.05, 4.69) is 4.98 Å². The third-order valence-electron chi connectivity index (χ3n) is 2.78. The lowest BCUT2D eigenvalue weighted by atomic mass is 10.2. The fourth-order valence-electron chi connectivity index (χ4n) is 1.93. The van der Waals surface area contributed by atoms with Crippen LogP contribution in [0, 0.1) is 5.82 Å². The van der Waals surface area contributed by atoms with Crippen LogP contribution in [0.15, 0.2) is 42.6 Å². The zero-order valence-corrected chi connectivity index (χ0v) is 10.3. The van der Waals surface area contributed by atoms with Crippen molar-refractivity contribution < 1.29 is 4.39 Å². The SMILES string of the molecule is CN(Cc1cccc(F)c1)c1cccnc1CN. The molecule has 1 aromatic carbocycles. The van der Waals surface area contributed by atoms with E-state index >= 15 is 0 Å². The van der Waals surface area contributed by atoms with Crippen molar-refractivity contribution >= 4 is 5.69 Å². The fourth-order valence-corrected chi connectivity index (χ4v) is 1.93. The second kappa shape index (κ2) is 5.60. The topological polar surface area (TPSA) is 42.2 Å². The summed E-state index contributed by atoms with van der Waals surface area (Å²) in [5, 5.41) is 0. The van der Waals surface area contributed by atoms with Gasteiger partial charge in [0.05, 0.1) is 11.4 Å². The summed E-state index contributed by atoms with van der Waals surface area (Å²) in [4.78, 5) is 6.25. The summed E-state index contributed by atoms with van der Waals surface area (Å²) in [7, 11) is 1.95. The number of hydrogen-bond donors (Lipinski definition) is 1. The molecule has 3 nitrogen and oxygen atoms in total. The van der Waals surface area contributed by atoms with Crippen LogP contribution >= 0.6 is 0 Å². The number of hydrogen-bond acceptors (Lipinski definition) is 3. The van der Waals surface area contributed by atoms with E-state index in [1.54, 1.807) is 12.3 Å². The third-order valence-corrected chi connectivity index (χ3v) is 2.78. The minimum atomic E-state index is -0.217. The Morgan fingerprint density at radius 2 is 2.11 bits per heavy atom. The summed E-state index contributed by atoms with van der Waals surface area (Å²) in [6.07, 6.45) is 1.72. The second-order valence-corrected chi connectivity index (χ2v) is 4.16. The summed E-state index contributed by atoms with van der Waals surface area (Å²) in [5.41, 5.74) is 8.40. The first-order valence-electron chi connectivity index (χ1n) is 5.80. The van der Waals surface area contributed by atoms with Gasteiger partial charge in [0.15, 0.2) is 0 Å². The summed E-state index contributed by atoms with van der Waals surface area (Å²) < 4.78 is 13.1. The summed E-state index contributed by atoms with van der Waals surface area (Å²) in [6, 6.07) is 10.4. The van der Waals surface area contributed by atoms with E-state index in [1.807, 2.05) is 30.1 Å². The predicted octanol–water partition coefficient (Wildman–Crippen LogP) is 2.32. The molecular weight excluding hydrogens is 229 g/mol. The summed E-state index contributed by atoms with van der Waals surface area (Å²) >= 11 is 0. The number of aromatic nitrogens is 1. The highest BCUT2D eigenvalue weighted by Crippen LogP contribution is 2.18. The molecule has 0 amide bonds. The molecule has 0 unspecified atom stereocenters. The Bertz CT molecular complexity index is 528. The van der Waals surface area contributed by atoms with Crippen molar-refractivity contribution in [2.45, 2.75) is 13.1 Å². The Balaban J connectivity index is 2.19. The number of benzene rings is 1. The number of nitrogens with two attached hydrogens (primary N) is 1. The molecule has 0 atom stereocenters. The molecule has 2 aromatic rings. The molecule has 18 heavy (non-hydrogen) atoms. The molecule has 0 aliphatic rings. The van der Waals surface area contributed by atoms with Crippen LogP contribution in [0.3, 0.4) is 0 Å². The molecule has 1 heterocycles. The zero-order chi connectivity index (χ0) is 13.0. The predicted molar refractivity (Wildman–Crippen MR) is 70.6 cm³/mol. The van der Waals surface area contributed by atoms with Crippen molar-refractivity contribution in [3.05, 3.63) is 59.7 Å². The van der Waals surface area contributed by atoms with Gasteiger partial charge < -0.3 is 10.6 Å². The number of rotatable bonds is 4. The second-order valence-electron chi connectivity index (χ2n) is 4.16. The van der Waals surface area contributed by atoms with Gasteiger partial charge in [0.2, 0.25) is 0 Å². The van der Waals surface area contributed by atoms with Gasteiger partial charge in [0.25, 0.3) is 0 Å². The average molecular weight is 245 g/mol. The molecule has 0 radical (unpaired) electrons. The molecule has 2 N–H and O–H groups in total. The molecule has 4 heteroatoms. The first kappa shape index (κ1) is 12.5. The Morgan fingerprint density at radius 1 is 1.28 bits per heavy atom. The molecule has 94 valence electrons. The van der Waals surface area contributed by atoms with Crippen LogP contribution in [0.5, 0.6) is 0 Å². The molecule has 1 aromatic heterocycles. The van der Waals surface area contributed by atoms with E-state index in [1.165, 1.54) is 12.1 Å². The fraction of sp³-hybridized carbons (Fsp3) is 0.214. The first-order valence-corrected chi connectivity index (χ1v) is 5.80. The number of pyridine rings is 1. The quantitative estimate of drug-likeness (QED) is 0.898. The first-order chi connectivity index (χ1) is 8.70. The molecule has 0 fully saturated rings. The van der Waals surface area contributed by atoms with E-state index in [9.17, 15) is 4.39 Å². The van der Waals surface area contributed by atoms with E-state index in [0.29, 0.717) is 13.1 Å². The minimum absolute atomic E-state index is 0.217. The molecule has 0 aliphatic heterocycles. The van der Waals surface area contributed by atoms with Gasteiger partial charge in [-0.15, -0.1) is 0 Å². The van der Waals surface area contributed by atoms with Gasteiger partial charge in [-0.05, 0) is 29.8 Å². The van der Waals surface area contributed by atoms with E-state index < -0.39 is 0 Å². The largest absolute Gasteiger partial charge is 0.369 e. The van der Waals surface area contributed by atoms with E-state index in [4.69, 9.17) is 5.73 Å². The maximum absolute atomic E-state index is 13.1. The molecule has 2 rings (SSSR count). The molecule has 0 saturated carbocycles. The lowest BCUT2D eigenvalue weighted by molar-refractivity contribution is 0.625. The third kappa shape index (κ3) is 2.84. The summed E-state index contributed by atoms with van der Waals surface area (Å²) in [5.74, 6) is -0.217. The van der Waals surface area contributed by atoms with Crippen LogP contribution in [-0.2, 0) is 13.1 Å². The van der Waals surface area contributed by atoms with Gasteiger partial charge in [-0.1, -0.05) is 12.1 Å². The van der Waals surface area contributed by atoms with Gasteiger partial charge in [0.1, 0.15) is 5.82 Å². The number of halogens is 1. The van der Waals surface area contributed by atoms with E-state index in [0.717, 1.165) is 16.9 Å². The molecule has 0 aliphatic carbocycles. The Hall–Kier alpha value is -1.94. The molecule has 0 bridgehead atoms. The van der Waals surface area contributed by atoms with Gasteiger partial charge in [-0.25, -0.2) is 4.39 Å². The van der Waals surface area contributed by atoms with Gasteiger partial charge >= 0.3 is 0 Å². The highest BCUT2D eigenvalue weighted by atomic mass is 19.1. The molecule has 0 saturated heterocycles. The smallest absolute Gasteiger partial charge is 0.123 e. The monoisotopic (exact) mass is 245 g/mol. The highest BCUT2D eigenvalue weighted by Gasteiger charge is 2.07. The maximum atomic E-state index is 13.1. The summed E-state index contributed by atoms with van der Waals surface area (Å²) in [6.45, 7) is 1.01. The number of nitrogens with zero attached hydrogens (tertiary/aromatic N) is 2. The number of anilines is 1. The normalized spacial score (nSPS) is 10.4. The molecular formula is C14H16FN3. The van der Waals surface area contributed by atoms with Crippen molar-refractivity contribution in [3.8, 4) is 0 Å². The highest BCUT2D eigenvalue weighted by molar-refractivity contribution is 5.50. The zero-order valence-electron chi connectivity index (χ0n) is 10.3.